The Kier molecular flexibility index (Phi) is 6.73. The number of methoxy groups -OCH3 is 1. The first-order chi connectivity index (χ1) is 11.5. The van der Waals surface area contributed by atoms with Gasteiger partial charge in [0, 0.05) is 39.1 Å². The van der Waals surface area contributed by atoms with E-state index in [-0.39, 0.29) is 24.2 Å². The molecule has 1 aliphatic rings. The highest BCUT2D eigenvalue weighted by Gasteiger charge is 2.40. The van der Waals surface area contributed by atoms with Gasteiger partial charge in [-0.25, -0.2) is 4.39 Å². The van der Waals surface area contributed by atoms with Gasteiger partial charge in [-0.2, -0.15) is 0 Å². The van der Waals surface area contributed by atoms with Crippen LogP contribution in [-0.4, -0.2) is 48.7 Å². The van der Waals surface area contributed by atoms with Gasteiger partial charge in [-0.3, -0.25) is 9.59 Å². The van der Waals surface area contributed by atoms with Crippen LogP contribution in [0, 0.1) is 11.7 Å². The number of amides is 1. The number of carbonyl (C=O) groups excluding carboxylic acids is 1. The molecule has 2 rings (SSSR count). The van der Waals surface area contributed by atoms with E-state index in [0.717, 1.165) is 19.3 Å². The second-order valence-electron chi connectivity index (χ2n) is 6.21. The molecule has 1 aromatic rings. The molecule has 1 fully saturated rings. The van der Waals surface area contributed by atoms with Crippen LogP contribution in [0.1, 0.15) is 37.2 Å². The van der Waals surface area contributed by atoms with E-state index in [4.69, 9.17) is 4.74 Å². The molecule has 5 nitrogen and oxygen atoms in total. The lowest BCUT2D eigenvalue weighted by atomic mass is 9.89. The largest absolute Gasteiger partial charge is 0.481 e. The number of aliphatic carboxylic acids is 1. The highest BCUT2D eigenvalue weighted by molar-refractivity contribution is 5.79. The number of ether oxygens (including phenoxy) is 1. The van der Waals surface area contributed by atoms with Gasteiger partial charge >= 0.3 is 5.97 Å². The van der Waals surface area contributed by atoms with Crippen LogP contribution >= 0.6 is 0 Å². The number of nitrogens with zero attached hydrogens (tertiary/aromatic N) is 1. The Labute approximate surface area is 141 Å². The molecule has 132 valence electrons. The van der Waals surface area contributed by atoms with E-state index in [1.165, 1.54) is 12.1 Å². The maximum absolute atomic E-state index is 13.4. The van der Waals surface area contributed by atoms with Crippen molar-refractivity contribution in [2.75, 3.05) is 26.8 Å². The van der Waals surface area contributed by atoms with Crippen molar-refractivity contribution in [3.63, 3.8) is 0 Å². The molecule has 24 heavy (non-hydrogen) atoms. The summed E-state index contributed by atoms with van der Waals surface area (Å²) in [6, 6.07) is 5.99. The van der Waals surface area contributed by atoms with Gasteiger partial charge in [0.05, 0.1) is 5.92 Å². The van der Waals surface area contributed by atoms with Gasteiger partial charge in [-0.1, -0.05) is 18.6 Å². The molecule has 2 unspecified atom stereocenters. The first-order valence-electron chi connectivity index (χ1n) is 8.28. The van der Waals surface area contributed by atoms with Crippen molar-refractivity contribution in [3.8, 4) is 0 Å². The number of carboxylic acids is 1. The van der Waals surface area contributed by atoms with E-state index in [2.05, 4.69) is 0 Å². The molecule has 1 heterocycles. The molecule has 1 saturated heterocycles. The van der Waals surface area contributed by atoms with Crippen molar-refractivity contribution in [1.82, 2.24) is 4.90 Å². The molecule has 2 atom stereocenters. The molecular weight excluding hydrogens is 313 g/mol. The number of unbranched alkanes of at least 4 members (excludes halogenated alkanes) is 2. The standard InChI is InChI=1S/C18H24FNO4/c1-24-9-4-2-3-8-17(21)20-11-15(16(12-20)18(22)23)13-6-5-7-14(19)10-13/h5-7,10,15-16H,2-4,8-9,11-12H2,1H3,(H,22,23). The number of carbonyl (C=O) groups is 2. The molecule has 0 saturated carbocycles. The van der Waals surface area contributed by atoms with Crippen LogP contribution in [-0.2, 0) is 14.3 Å². The number of hydrogen-bond donors (Lipinski definition) is 1. The van der Waals surface area contributed by atoms with Crippen molar-refractivity contribution in [1.29, 1.82) is 0 Å². The smallest absolute Gasteiger partial charge is 0.308 e. The predicted molar refractivity (Wildman–Crippen MR) is 87.2 cm³/mol. The quantitative estimate of drug-likeness (QED) is 0.741. The van der Waals surface area contributed by atoms with Gasteiger partial charge in [0.1, 0.15) is 5.82 Å². The van der Waals surface area contributed by atoms with Crippen LogP contribution in [0.25, 0.3) is 0 Å². The lowest BCUT2D eigenvalue weighted by Gasteiger charge is -2.16. The second kappa shape index (κ2) is 8.78. The molecule has 0 radical (unpaired) electrons. The monoisotopic (exact) mass is 337 g/mol. The van der Waals surface area contributed by atoms with Gasteiger partial charge in [0.2, 0.25) is 5.91 Å². The minimum Gasteiger partial charge on any atom is -0.481 e. The summed E-state index contributed by atoms with van der Waals surface area (Å²) in [6.45, 7) is 1.20. The minimum absolute atomic E-state index is 0.0300. The maximum atomic E-state index is 13.4. The van der Waals surface area contributed by atoms with Crippen molar-refractivity contribution in [3.05, 3.63) is 35.6 Å². The molecule has 1 amide bonds. The number of benzene rings is 1. The summed E-state index contributed by atoms with van der Waals surface area (Å²) in [5.74, 6) is -2.42. The molecule has 6 heteroatoms. The maximum Gasteiger partial charge on any atom is 0.308 e. The van der Waals surface area contributed by atoms with E-state index in [9.17, 15) is 19.1 Å². The fourth-order valence-electron chi connectivity index (χ4n) is 3.19. The van der Waals surface area contributed by atoms with E-state index in [1.807, 2.05) is 0 Å². The van der Waals surface area contributed by atoms with Gasteiger partial charge < -0.3 is 14.7 Å². The topological polar surface area (TPSA) is 66.8 Å². The van der Waals surface area contributed by atoms with Gasteiger partial charge in [-0.05, 0) is 30.5 Å². The molecule has 0 aromatic heterocycles. The average molecular weight is 337 g/mol. The summed E-state index contributed by atoms with van der Waals surface area (Å²) in [4.78, 5) is 25.4. The van der Waals surface area contributed by atoms with Crippen LogP contribution in [0.3, 0.4) is 0 Å². The van der Waals surface area contributed by atoms with Gasteiger partial charge in [-0.15, -0.1) is 0 Å². The highest BCUT2D eigenvalue weighted by Crippen LogP contribution is 2.33. The number of likely N-dealkylation sites (tertiary alicyclic amines) is 1. The number of hydrogen-bond acceptors (Lipinski definition) is 3. The minimum atomic E-state index is -0.945. The number of halogens is 1. The Morgan fingerprint density at radius 3 is 2.75 bits per heavy atom. The molecule has 0 bridgehead atoms. The van der Waals surface area contributed by atoms with Gasteiger partial charge in [0.25, 0.3) is 0 Å². The molecule has 1 N–H and O–H groups in total. The zero-order valence-corrected chi connectivity index (χ0v) is 13.9. The fraction of sp³-hybridized carbons (Fsp3) is 0.556. The van der Waals surface area contributed by atoms with Crippen LogP contribution in [0.5, 0.6) is 0 Å². The fourth-order valence-corrected chi connectivity index (χ4v) is 3.19. The van der Waals surface area contributed by atoms with Crippen LogP contribution in [0.2, 0.25) is 0 Å². The Balaban J connectivity index is 1.96. The third-order valence-corrected chi connectivity index (χ3v) is 4.51. The lowest BCUT2D eigenvalue weighted by Crippen LogP contribution is -2.29. The summed E-state index contributed by atoms with van der Waals surface area (Å²) in [5.41, 5.74) is 0.637. The normalized spacial score (nSPS) is 20.3. The first kappa shape index (κ1) is 18.4. The summed E-state index contributed by atoms with van der Waals surface area (Å²) >= 11 is 0. The Bertz CT molecular complexity index is 578. The Hall–Kier alpha value is -1.95. The Morgan fingerprint density at radius 2 is 2.08 bits per heavy atom. The van der Waals surface area contributed by atoms with Crippen LogP contribution in [0.4, 0.5) is 4.39 Å². The summed E-state index contributed by atoms with van der Waals surface area (Å²) in [5, 5.41) is 9.44. The zero-order chi connectivity index (χ0) is 17.5. The summed E-state index contributed by atoms with van der Waals surface area (Å²) in [7, 11) is 1.65. The molecular formula is C18H24FNO4. The SMILES string of the molecule is COCCCCCC(=O)N1CC(C(=O)O)C(c2cccc(F)c2)C1. The summed E-state index contributed by atoms with van der Waals surface area (Å²) in [6.07, 6.45) is 2.99. The van der Waals surface area contributed by atoms with Crippen molar-refractivity contribution in [2.24, 2.45) is 5.92 Å². The molecule has 0 aliphatic carbocycles. The summed E-state index contributed by atoms with van der Waals surface area (Å²) < 4.78 is 18.4. The molecule has 1 aliphatic heterocycles. The van der Waals surface area contributed by atoms with E-state index >= 15 is 0 Å². The van der Waals surface area contributed by atoms with E-state index in [1.54, 1.807) is 24.1 Å². The molecule has 1 aromatic carbocycles. The molecule has 0 spiro atoms. The second-order valence-corrected chi connectivity index (χ2v) is 6.21. The van der Waals surface area contributed by atoms with E-state index in [0.29, 0.717) is 25.1 Å². The average Bonchev–Trinajstić information content (AvgIpc) is 3.00. The Morgan fingerprint density at radius 1 is 1.29 bits per heavy atom. The zero-order valence-electron chi connectivity index (χ0n) is 13.9. The van der Waals surface area contributed by atoms with Crippen LogP contribution in [0.15, 0.2) is 24.3 Å². The van der Waals surface area contributed by atoms with Gasteiger partial charge in [0.15, 0.2) is 0 Å². The highest BCUT2D eigenvalue weighted by atomic mass is 19.1. The third kappa shape index (κ3) is 4.77. The first-order valence-corrected chi connectivity index (χ1v) is 8.28. The lowest BCUT2D eigenvalue weighted by molar-refractivity contribution is -0.141. The van der Waals surface area contributed by atoms with Crippen molar-refractivity contribution < 1.29 is 23.8 Å². The third-order valence-electron chi connectivity index (χ3n) is 4.51. The number of carboxylic acid groups (broad SMARTS) is 1. The van der Waals surface area contributed by atoms with Crippen LogP contribution < -0.4 is 0 Å². The van der Waals surface area contributed by atoms with E-state index < -0.39 is 11.9 Å². The predicted octanol–water partition coefficient (Wildman–Crippen LogP) is 2.66. The van der Waals surface area contributed by atoms with Crippen molar-refractivity contribution in [2.45, 2.75) is 31.6 Å². The number of rotatable bonds is 8. The van der Waals surface area contributed by atoms with Crippen molar-refractivity contribution >= 4 is 11.9 Å².